The van der Waals surface area contributed by atoms with Crippen LogP contribution >= 0.6 is 0 Å². The number of aromatic nitrogens is 2. The average molecular weight is 482 g/mol. The normalized spacial score (nSPS) is 42.5. The van der Waals surface area contributed by atoms with Gasteiger partial charge in [-0.2, -0.15) is 10.4 Å². The van der Waals surface area contributed by atoms with Crippen molar-refractivity contribution >= 4 is 5.78 Å². The number of Topliss-reactive ketones (excluding diaryl/α,β-unsaturated/α-hetero) is 1. The lowest BCUT2D eigenvalue weighted by molar-refractivity contribution is -0.173. The van der Waals surface area contributed by atoms with Crippen molar-refractivity contribution in [3.05, 3.63) is 18.0 Å². The van der Waals surface area contributed by atoms with Crippen LogP contribution in [0.4, 0.5) is 0 Å². The molecule has 0 radical (unpaired) electrons. The highest BCUT2D eigenvalue weighted by atomic mass is 16.5. The van der Waals surface area contributed by atoms with Crippen molar-refractivity contribution in [3.8, 4) is 6.07 Å². The number of nitriles is 1. The number of rotatable bonds is 7. The summed E-state index contributed by atoms with van der Waals surface area (Å²) in [5.41, 5.74) is 0.137. The summed E-state index contributed by atoms with van der Waals surface area (Å²) in [5.74, 6) is 3.02. The zero-order chi connectivity index (χ0) is 24.8. The van der Waals surface area contributed by atoms with Gasteiger partial charge in [0.1, 0.15) is 6.07 Å². The lowest BCUT2D eigenvalue weighted by Gasteiger charge is -2.63. The Balaban J connectivity index is 1.32. The Morgan fingerprint density at radius 1 is 1.20 bits per heavy atom. The van der Waals surface area contributed by atoms with E-state index in [-0.39, 0.29) is 17.9 Å². The van der Waals surface area contributed by atoms with Gasteiger partial charge in [0.05, 0.1) is 18.8 Å². The molecule has 1 aromatic heterocycles. The lowest BCUT2D eigenvalue weighted by Crippen LogP contribution is -2.57. The first kappa shape index (κ1) is 25.0. The maximum Gasteiger partial charge on any atom is 0.162 e. The maximum atomic E-state index is 13.5. The minimum atomic E-state index is -0.655. The molecule has 4 aliphatic carbocycles. The molecule has 0 saturated heterocycles. The Labute approximate surface area is 210 Å². The van der Waals surface area contributed by atoms with Gasteiger partial charge in [0, 0.05) is 18.7 Å². The number of fused-ring (bicyclic) bond motifs is 5. The van der Waals surface area contributed by atoms with Gasteiger partial charge in [0.2, 0.25) is 0 Å². The van der Waals surface area contributed by atoms with Gasteiger partial charge in [0.15, 0.2) is 11.5 Å². The van der Waals surface area contributed by atoms with Crippen molar-refractivity contribution in [1.29, 1.82) is 5.26 Å². The van der Waals surface area contributed by atoms with Gasteiger partial charge >= 0.3 is 0 Å². The number of carbonyl (C=O) groups is 1. The van der Waals surface area contributed by atoms with Crippen molar-refractivity contribution in [2.75, 3.05) is 13.2 Å². The molecule has 0 spiro atoms. The summed E-state index contributed by atoms with van der Waals surface area (Å²) in [7, 11) is 0. The van der Waals surface area contributed by atoms with E-state index < -0.39 is 5.60 Å². The molecule has 0 aromatic carbocycles. The van der Waals surface area contributed by atoms with Gasteiger partial charge in [-0.25, -0.2) is 0 Å². The molecule has 0 aliphatic heterocycles. The Morgan fingerprint density at radius 2 is 2.03 bits per heavy atom. The molecule has 1 unspecified atom stereocenters. The molecule has 4 aliphatic rings. The highest BCUT2D eigenvalue weighted by molar-refractivity contribution is 5.82. The minimum Gasteiger partial charge on any atom is -0.387 e. The molecule has 192 valence electrons. The van der Waals surface area contributed by atoms with Crippen LogP contribution in [0.25, 0.3) is 0 Å². The van der Waals surface area contributed by atoms with Gasteiger partial charge in [-0.15, -0.1) is 0 Å². The molecule has 6 nitrogen and oxygen atoms in total. The summed E-state index contributed by atoms with van der Waals surface area (Å²) in [5, 5.41) is 24.6. The smallest absolute Gasteiger partial charge is 0.162 e. The third-order valence-corrected chi connectivity index (χ3v) is 11.2. The molecule has 4 fully saturated rings. The fraction of sp³-hybridized carbons (Fsp3) is 0.828. The van der Waals surface area contributed by atoms with Gasteiger partial charge in [0.25, 0.3) is 0 Å². The second-order valence-electron chi connectivity index (χ2n) is 12.5. The van der Waals surface area contributed by atoms with Crippen molar-refractivity contribution in [2.24, 2.45) is 40.4 Å². The zero-order valence-electron chi connectivity index (χ0n) is 21.8. The van der Waals surface area contributed by atoms with Crippen LogP contribution in [0, 0.1) is 51.8 Å². The van der Waals surface area contributed by atoms with E-state index in [0.717, 1.165) is 44.4 Å². The molecule has 1 N–H and O–H groups in total. The monoisotopic (exact) mass is 481 g/mol. The van der Waals surface area contributed by atoms with E-state index >= 15 is 0 Å². The number of aliphatic hydroxyl groups is 1. The molecule has 35 heavy (non-hydrogen) atoms. The second-order valence-corrected chi connectivity index (χ2v) is 12.5. The third-order valence-electron chi connectivity index (χ3n) is 11.2. The molecule has 5 rings (SSSR count). The predicted molar refractivity (Wildman–Crippen MR) is 133 cm³/mol. The molecule has 0 amide bonds. The van der Waals surface area contributed by atoms with Crippen LogP contribution in [0.3, 0.4) is 0 Å². The summed E-state index contributed by atoms with van der Waals surface area (Å²) in [6.07, 6.45) is 12.8. The quantitative estimate of drug-likeness (QED) is 0.582. The second kappa shape index (κ2) is 9.30. The topological polar surface area (TPSA) is 88.1 Å². The van der Waals surface area contributed by atoms with Crippen LogP contribution in [0.1, 0.15) is 90.7 Å². The van der Waals surface area contributed by atoms with E-state index in [2.05, 4.69) is 25.0 Å². The highest BCUT2D eigenvalue weighted by Gasteiger charge is 2.62. The Bertz CT molecular complexity index is 984. The first-order valence-corrected chi connectivity index (χ1v) is 14.0. The summed E-state index contributed by atoms with van der Waals surface area (Å²) in [4.78, 5) is 13.5. The van der Waals surface area contributed by atoms with Crippen LogP contribution in [0.2, 0.25) is 0 Å². The third kappa shape index (κ3) is 4.07. The standard InChI is InChI=1S/C29H43N3O3/c1-4-29-14-13-28(34,19-35-5-2)16-20(29)6-7-22-23-8-9-25(27(23,3)12-10-24(22)29)26(33)18-32-15-11-21(17-30)31-32/h11,15,20,22-25,34H,4-10,12-14,16,18-19H2,1-3H3/t20-,22+,23+,24+,25-,27+,28-,29?/m1/s1. The SMILES string of the molecule is CCOC[C@@]1(O)CCC2(CC)[C@H](CC[C@@H]3[C@@H]2CC[C@]2(C)[C@@H](C(=O)Cn4ccc(C#N)n4)CC[C@@H]32)C1. The van der Waals surface area contributed by atoms with Crippen molar-refractivity contribution in [1.82, 2.24) is 9.78 Å². The fourth-order valence-corrected chi connectivity index (χ4v) is 9.57. The first-order valence-electron chi connectivity index (χ1n) is 14.0. The number of nitrogens with zero attached hydrogens (tertiary/aromatic N) is 3. The van der Waals surface area contributed by atoms with Crippen molar-refractivity contribution in [2.45, 2.75) is 97.1 Å². The lowest BCUT2D eigenvalue weighted by atomic mass is 9.42. The van der Waals surface area contributed by atoms with Gasteiger partial charge in [-0.3, -0.25) is 9.48 Å². The van der Waals surface area contributed by atoms with E-state index in [1.54, 1.807) is 16.9 Å². The van der Waals surface area contributed by atoms with Crippen LogP contribution < -0.4 is 0 Å². The van der Waals surface area contributed by atoms with Crippen molar-refractivity contribution < 1.29 is 14.6 Å². The average Bonchev–Trinajstić information content (AvgIpc) is 3.46. The number of ketones is 1. The molecular weight excluding hydrogens is 438 g/mol. The van der Waals surface area contributed by atoms with Gasteiger partial charge in [-0.05, 0) is 112 Å². The molecule has 8 atom stereocenters. The molecule has 1 heterocycles. The summed E-state index contributed by atoms with van der Waals surface area (Å²) >= 11 is 0. The number of ether oxygens (including phenoxy) is 1. The number of carbonyl (C=O) groups excluding carboxylic acids is 1. The highest BCUT2D eigenvalue weighted by Crippen LogP contribution is 2.69. The van der Waals surface area contributed by atoms with E-state index in [1.807, 2.05) is 6.92 Å². The summed E-state index contributed by atoms with van der Waals surface area (Å²) in [6, 6.07) is 3.74. The zero-order valence-corrected chi connectivity index (χ0v) is 21.8. The Kier molecular flexibility index (Phi) is 6.64. The minimum absolute atomic E-state index is 0.0790. The Hall–Kier alpha value is -1.71. The molecular formula is C29H43N3O3. The molecule has 1 aromatic rings. The molecule has 4 saturated carbocycles. The van der Waals surface area contributed by atoms with Gasteiger partial charge in [-0.1, -0.05) is 13.8 Å². The molecule has 0 bridgehead atoms. The Morgan fingerprint density at radius 3 is 2.74 bits per heavy atom. The van der Waals surface area contributed by atoms with E-state index in [0.29, 0.717) is 47.9 Å². The van der Waals surface area contributed by atoms with E-state index in [9.17, 15) is 9.90 Å². The van der Waals surface area contributed by atoms with Crippen LogP contribution in [-0.4, -0.2) is 39.5 Å². The number of hydrogen-bond donors (Lipinski definition) is 1. The molecule has 6 heteroatoms. The van der Waals surface area contributed by atoms with E-state index in [4.69, 9.17) is 10.00 Å². The summed E-state index contributed by atoms with van der Waals surface area (Å²) < 4.78 is 7.32. The summed E-state index contributed by atoms with van der Waals surface area (Å²) in [6.45, 7) is 8.21. The van der Waals surface area contributed by atoms with E-state index in [1.165, 1.54) is 25.7 Å². The largest absolute Gasteiger partial charge is 0.387 e. The maximum absolute atomic E-state index is 13.5. The van der Waals surface area contributed by atoms with Crippen molar-refractivity contribution in [3.63, 3.8) is 0 Å². The van der Waals surface area contributed by atoms with Crippen LogP contribution in [0.15, 0.2) is 12.3 Å². The van der Waals surface area contributed by atoms with Crippen LogP contribution in [-0.2, 0) is 16.1 Å². The van der Waals surface area contributed by atoms with Crippen LogP contribution in [0.5, 0.6) is 0 Å². The van der Waals surface area contributed by atoms with Gasteiger partial charge < -0.3 is 9.84 Å². The predicted octanol–water partition coefficient (Wildman–Crippen LogP) is 5.14. The fourth-order valence-electron chi connectivity index (χ4n) is 9.57. The number of hydrogen-bond acceptors (Lipinski definition) is 5. The first-order chi connectivity index (χ1) is 16.8.